The molecule has 1 unspecified atom stereocenters. The molecule has 0 aliphatic heterocycles. The van der Waals surface area contributed by atoms with E-state index in [1.807, 2.05) is 0 Å². The average molecular weight is 292 g/mol. The van der Waals surface area contributed by atoms with Crippen LogP contribution >= 0.6 is 23.2 Å². The molecule has 0 fully saturated rings. The molecule has 4 N–H and O–H groups in total. The lowest BCUT2D eigenvalue weighted by Crippen LogP contribution is -2.25. The third-order valence-electron chi connectivity index (χ3n) is 2.31. The number of nitrogens with two attached hydrogens (primary N) is 1. The first-order valence-corrected chi connectivity index (χ1v) is 6.48. The predicted molar refractivity (Wildman–Crippen MR) is 77.2 cm³/mol. The second-order valence-corrected chi connectivity index (χ2v) is 6.30. The molecule has 1 rings (SSSR count). The van der Waals surface area contributed by atoms with E-state index in [1.165, 1.54) is 6.07 Å². The van der Waals surface area contributed by atoms with E-state index in [9.17, 15) is 5.11 Å². The van der Waals surface area contributed by atoms with E-state index < -0.39 is 6.10 Å². The van der Waals surface area contributed by atoms with Crippen LogP contribution in [0, 0.1) is 5.41 Å². The molecule has 6 heteroatoms. The van der Waals surface area contributed by atoms with Gasteiger partial charge in [-0.05, 0) is 17.9 Å². The molecule has 0 aliphatic rings. The zero-order valence-corrected chi connectivity index (χ0v) is 12.3. The Morgan fingerprint density at radius 3 is 2.56 bits per heavy atom. The Morgan fingerprint density at radius 1 is 1.39 bits per heavy atom. The number of hydrogen-bond donors (Lipinski definition) is 3. The van der Waals surface area contributed by atoms with Gasteiger partial charge in [0.05, 0.1) is 16.1 Å². The Hall–Kier alpha value is -0.710. The number of nitrogens with one attached hydrogen (secondary N) is 1. The summed E-state index contributed by atoms with van der Waals surface area (Å²) >= 11 is 11.8. The predicted octanol–water partition coefficient (Wildman–Crippen LogP) is 3.18. The maximum atomic E-state index is 9.87. The third-order valence-corrected chi connectivity index (χ3v) is 2.90. The first kappa shape index (κ1) is 15.3. The van der Waals surface area contributed by atoms with Crippen molar-refractivity contribution in [2.75, 3.05) is 17.6 Å². The maximum Gasteiger partial charge on any atom is 0.147 e. The summed E-state index contributed by atoms with van der Waals surface area (Å²) in [6.45, 7) is 6.58. The summed E-state index contributed by atoms with van der Waals surface area (Å²) in [5.41, 5.74) is 5.66. The van der Waals surface area contributed by atoms with E-state index in [4.69, 9.17) is 28.9 Å². The summed E-state index contributed by atoms with van der Waals surface area (Å²) in [6.07, 6.45) is 0.209. The Balaban J connectivity index is 2.61. The molecule has 0 bridgehead atoms. The first-order chi connectivity index (χ1) is 8.19. The molecule has 1 atom stereocenters. The lowest BCUT2D eigenvalue weighted by atomic mass is 9.89. The van der Waals surface area contributed by atoms with E-state index >= 15 is 0 Å². The van der Waals surface area contributed by atoms with Gasteiger partial charge in [-0.15, -0.1) is 0 Å². The molecule has 0 aromatic carbocycles. The number of nitrogen functional groups attached to an aromatic ring is 1. The molecule has 18 heavy (non-hydrogen) atoms. The zero-order chi connectivity index (χ0) is 13.9. The van der Waals surface area contributed by atoms with Gasteiger partial charge in [0.2, 0.25) is 0 Å². The summed E-state index contributed by atoms with van der Waals surface area (Å²) in [7, 11) is 0. The Bertz CT molecular complexity index is 419. The summed E-state index contributed by atoms with van der Waals surface area (Å²) < 4.78 is 0. The number of hydrogen-bond acceptors (Lipinski definition) is 4. The van der Waals surface area contributed by atoms with Crippen molar-refractivity contribution in [3.8, 4) is 0 Å². The van der Waals surface area contributed by atoms with Crippen molar-refractivity contribution in [2.24, 2.45) is 5.41 Å². The minimum atomic E-state index is -0.472. The molecule has 0 saturated heterocycles. The molecule has 1 aromatic heterocycles. The van der Waals surface area contributed by atoms with Gasteiger partial charge in [-0.2, -0.15) is 0 Å². The van der Waals surface area contributed by atoms with Gasteiger partial charge in [0.25, 0.3) is 0 Å². The lowest BCUT2D eigenvalue weighted by Gasteiger charge is -2.22. The Labute approximate surface area is 117 Å². The second kappa shape index (κ2) is 5.95. The van der Waals surface area contributed by atoms with Crippen LogP contribution in [-0.4, -0.2) is 22.7 Å². The monoisotopic (exact) mass is 291 g/mol. The standard InChI is InChI=1S/C12H19Cl2N3O/c1-12(2,3)5-7(18)6-16-11-9(14)4-8(13)10(15)17-11/h4,7,18H,5-6H2,1-3H3,(H3,15,16,17). The van der Waals surface area contributed by atoms with E-state index in [0.29, 0.717) is 28.8 Å². The highest BCUT2D eigenvalue weighted by Crippen LogP contribution is 2.27. The molecular weight excluding hydrogens is 273 g/mol. The number of aliphatic hydroxyl groups excluding tert-OH is 1. The molecule has 1 heterocycles. The maximum absolute atomic E-state index is 9.87. The molecule has 0 saturated carbocycles. The van der Waals surface area contributed by atoms with Crippen molar-refractivity contribution >= 4 is 34.8 Å². The molecule has 0 amide bonds. The normalized spacial score (nSPS) is 13.4. The van der Waals surface area contributed by atoms with Crippen molar-refractivity contribution in [3.63, 3.8) is 0 Å². The van der Waals surface area contributed by atoms with Crippen molar-refractivity contribution in [2.45, 2.75) is 33.3 Å². The fourth-order valence-electron chi connectivity index (χ4n) is 1.60. The highest BCUT2D eigenvalue weighted by molar-refractivity contribution is 6.37. The Morgan fingerprint density at radius 2 is 2.00 bits per heavy atom. The van der Waals surface area contributed by atoms with Crippen molar-refractivity contribution in [1.82, 2.24) is 4.98 Å². The van der Waals surface area contributed by atoms with Crippen molar-refractivity contribution in [3.05, 3.63) is 16.1 Å². The van der Waals surface area contributed by atoms with Gasteiger partial charge in [-0.25, -0.2) is 4.98 Å². The van der Waals surface area contributed by atoms with E-state index in [0.717, 1.165) is 0 Å². The topological polar surface area (TPSA) is 71.2 Å². The molecule has 102 valence electrons. The summed E-state index contributed by atoms with van der Waals surface area (Å²) in [5.74, 6) is 0.653. The van der Waals surface area contributed by atoms with E-state index in [2.05, 4.69) is 31.1 Å². The SMILES string of the molecule is CC(C)(C)CC(O)CNc1nc(N)c(Cl)cc1Cl. The van der Waals surface area contributed by atoms with Crippen molar-refractivity contribution < 1.29 is 5.11 Å². The molecule has 0 aliphatic carbocycles. The van der Waals surface area contributed by atoms with E-state index in [-0.39, 0.29) is 11.2 Å². The fraction of sp³-hybridized carbons (Fsp3) is 0.583. The van der Waals surface area contributed by atoms with Gasteiger partial charge in [-0.3, -0.25) is 0 Å². The number of aromatic nitrogens is 1. The van der Waals surface area contributed by atoms with Crippen LogP contribution in [-0.2, 0) is 0 Å². The number of halogens is 2. The lowest BCUT2D eigenvalue weighted by molar-refractivity contribution is 0.132. The van der Waals surface area contributed by atoms with E-state index in [1.54, 1.807) is 0 Å². The van der Waals surface area contributed by atoms with Crippen LogP contribution in [0.3, 0.4) is 0 Å². The first-order valence-electron chi connectivity index (χ1n) is 5.72. The largest absolute Gasteiger partial charge is 0.391 e. The quantitative estimate of drug-likeness (QED) is 0.797. The zero-order valence-electron chi connectivity index (χ0n) is 10.8. The molecule has 4 nitrogen and oxygen atoms in total. The van der Waals surface area contributed by atoms with Gasteiger partial charge in [0.1, 0.15) is 11.6 Å². The van der Waals surface area contributed by atoms with Gasteiger partial charge in [0, 0.05) is 6.54 Å². The van der Waals surface area contributed by atoms with Crippen LogP contribution in [0.4, 0.5) is 11.6 Å². The van der Waals surface area contributed by atoms with Gasteiger partial charge in [-0.1, -0.05) is 44.0 Å². The van der Waals surface area contributed by atoms with Crippen LogP contribution in [0.25, 0.3) is 0 Å². The molecule has 1 aromatic rings. The average Bonchev–Trinajstić information content (AvgIpc) is 2.19. The van der Waals surface area contributed by atoms with Crippen LogP contribution in [0.2, 0.25) is 10.0 Å². The number of pyridine rings is 1. The highest BCUT2D eigenvalue weighted by Gasteiger charge is 2.17. The van der Waals surface area contributed by atoms with Gasteiger partial charge in [0.15, 0.2) is 0 Å². The highest BCUT2D eigenvalue weighted by atomic mass is 35.5. The van der Waals surface area contributed by atoms with Crippen molar-refractivity contribution in [1.29, 1.82) is 0 Å². The minimum Gasteiger partial charge on any atom is -0.391 e. The third kappa shape index (κ3) is 4.88. The number of nitrogens with zero attached hydrogens (tertiary/aromatic N) is 1. The molecule has 0 spiro atoms. The summed E-state index contributed by atoms with van der Waals surface area (Å²) in [5, 5.41) is 13.5. The van der Waals surface area contributed by atoms with Crippen LogP contribution in [0.5, 0.6) is 0 Å². The number of anilines is 2. The smallest absolute Gasteiger partial charge is 0.147 e. The number of aliphatic hydroxyl groups is 1. The van der Waals surface area contributed by atoms with Gasteiger partial charge >= 0.3 is 0 Å². The second-order valence-electron chi connectivity index (χ2n) is 5.49. The fourth-order valence-corrected chi connectivity index (χ4v) is 2.02. The van der Waals surface area contributed by atoms with Crippen LogP contribution in [0.1, 0.15) is 27.2 Å². The van der Waals surface area contributed by atoms with Crippen LogP contribution in [0.15, 0.2) is 6.07 Å². The minimum absolute atomic E-state index is 0.0668. The summed E-state index contributed by atoms with van der Waals surface area (Å²) in [4.78, 5) is 4.03. The Kier molecular flexibility index (Phi) is 5.08. The molecular formula is C12H19Cl2N3O. The van der Waals surface area contributed by atoms with Crippen LogP contribution < -0.4 is 11.1 Å². The molecule has 0 radical (unpaired) electrons. The van der Waals surface area contributed by atoms with Gasteiger partial charge < -0.3 is 16.2 Å². The summed E-state index contributed by atoms with van der Waals surface area (Å²) in [6, 6.07) is 1.53. The number of rotatable bonds is 4.